The van der Waals surface area contributed by atoms with Crippen molar-refractivity contribution in [1.29, 1.82) is 5.26 Å². The molecular formula is C19H21N3O3. The summed E-state index contributed by atoms with van der Waals surface area (Å²) in [5, 5.41) is 23.3. The van der Waals surface area contributed by atoms with Gasteiger partial charge < -0.3 is 9.84 Å². The Morgan fingerprint density at radius 1 is 1.44 bits per heavy atom. The highest BCUT2D eigenvalue weighted by Gasteiger charge is 2.49. The number of rotatable bonds is 3. The molecule has 2 aromatic heterocycles. The van der Waals surface area contributed by atoms with Gasteiger partial charge in [-0.3, -0.25) is 0 Å². The number of carboxylic acid groups (broad SMARTS) is 1. The Morgan fingerprint density at radius 3 is 2.80 bits per heavy atom. The maximum atomic E-state index is 11.7. The van der Waals surface area contributed by atoms with Crippen molar-refractivity contribution in [3.05, 3.63) is 35.2 Å². The molecular weight excluding hydrogens is 318 g/mol. The van der Waals surface area contributed by atoms with E-state index in [4.69, 9.17) is 4.74 Å². The quantitative estimate of drug-likeness (QED) is 0.927. The van der Waals surface area contributed by atoms with Crippen molar-refractivity contribution in [2.45, 2.75) is 56.5 Å². The van der Waals surface area contributed by atoms with Gasteiger partial charge in [0.15, 0.2) is 5.69 Å². The van der Waals surface area contributed by atoms with Crippen molar-refractivity contribution in [1.82, 2.24) is 9.61 Å². The molecule has 1 aliphatic carbocycles. The zero-order valence-electron chi connectivity index (χ0n) is 14.5. The number of hydrogen-bond acceptors (Lipinski definition) is 4. The second-order valence-corrected chi connectivity index (χ2v) is 7.81. The average molecular weight is 339 g/mol. The molecule has 1 aliphatic heterocycles. The Hall–Kier alpha value is -2.39. The molecule has 0 unspecified atom stereocenters. The predicted molar refractivity (Wildman–Crippen MR) is 90.7 cm³/mol. The first-order chi connectivity index (χ1) is 11.9. The van der Waals surface area contributed by atoms with Gasteiger partial charge in [0, 0.05) is 18.4 Å². The molecule has 0 radical (unpaired) electrons. The monoisotopic (exact) mass is 339 g/mol. The summed E-state index contributed by atoms with van der Waals surface area (Å²) in [6.45, 7) is 4.91. The standard InChI is InChI=1S/C19H21N3O3/c1-18(2)9-12(5-8-25-18)13-3-4-14-15(19(11-20)6-7-19)16(17(23)24)21-22(14)10-13/h3-4,10,12H,5-9H2,1-2H3,(H,23,24)/t12-/m1/s1. The van der Waals surface area contributed by atoms with Crippen molar-refractivity contribution in [2.24, 2.45) is 0 Å². The number of nitriles is 1. The highest BCUT2D eigenvalue weighted by atomic mass is 16.5. The predicted octanol–water partition coefficient (Wildman–Crippen LogP) is 3.26. The molecule has 3 heterocycles. The van der Waals surface area contributed by atoms with Crippen LogP contribution in [0.5, 0.6) is 0 Å². The summed E-state index contributed by atoms with van der Waals surface area (Å²) in [4.78, 5) is 11.7. The van der Waals surface area contributed by atoms with Crippen LogP contribution in [-0.4, -0.2) is 32.9 Å². The SMILES string of the molecule is CC1(C)C[C@H](c2ccc3c(C4(C#N)CC4)c(C(=O)O)nn3c2)CCO1. The van der Waals surface area contributed by atoms with Crippen molar-refractivity contribution in [3.63, 3.8) is 0 Å². The highest BCUT2D eigenvalue weighted by molar-refractivity contribution is 5.91. The van der Waals surface area contributed by atoms with Crippen LogP contribution in [0.3, 0.4) is 0 Å². The molecule has 1 atom stereocenters. The van der Waals surface area contributed by atoms with Crippen LogP contribution in [0, 0.1) is 11.3 Å². The minimum atomic E-state index is -1.08. The van der Waals surface area contributed by atoms with Gasteiger partial charge in [0.2, 0.25) is 0 Å². The van der Waals surface area contributed by atoms with Crippen LogP contribution in [0.4, 0.5) is 0 Å². The molecule has 2 aromatic rings. The summed E-state index contributed by atoms with van der Waals surface area (Å²) >= 11 is 0. The van der Waals surface area contributed by atoms with Gasteiger partial charge in [-0.25, -0.2) is 9.31 Å². The van der Waals surface area contributed by atoms with Crippen LogP contribution in [0.15, 0.2) is 18.3 Å². The number of ether oxygens (including phenoxy) is 1. The van der Waals surface area contributed by atoms with Gasteiger partial charge in [-0.2, -0.15) is 10.4 Å². The van der Waals surface area contributed by atoms with E-state index in [0.29, 0.717) is 24.3 Å². The Balaban J connectivity index is 1.80. The number of aromatic carboxylic acids is 1. The molecule has 0 aromatic carbocycles. The number of pyridine rings is 1. The summed E-state index contributed by atoms with van der Waals surface area (Å²) in [5.41, 5.74) is 1.60. The summed E-state index contributed by atoms with van der Waals surface area (Å²) in [5.74, 6) is -0.714. The Bertz CT molecular complexity index is 903. The number of carboxylic acids is 1. The molecule has 130 valence electrons. The Labute approximate surface area is 146 Å². The zero-order valence-corrected chi connectivity index (χ0v) is 14.5. The summed E-state index contributed by atoms with van der Waals surface area (Å²) in [7, 11) is 0. The van der Waals surface area contributed by atoms with Crippen LogP contribution >= 0.6 is 0 Å². The minimum Gasteiger partial charge on any atom is -0.476 e. The number of nitrogens with zero attached hydrogens (tertiary/aromatic N) is 3. The summed E-state index contributed by atoms with van der Waals surface area (Å²) in [6.07, 6.45) is 5.17. The molecule has 1 N–H and O–H groups in total. The third-order valence-corrected chi connectivity index (χ3v) is 5.47. The molecule has 0 amide bonds. The second-order valence-electron chi connectivity index (χ2n) is 7.81. The van der Waals surface area contributed by atoms with E-state index < -0.39 is 11.4 Å². The van der Waals surface area contributed by atoms with Crippen LogP contribution in [0.25, 0.3) is 5.52 Å². The molecule has 1 saturated carbocycles. The highest BCUT2D eigenvalue weighted by Crippen LogP contribution is 2.50. The van der Waals surface area contributed by atoms with E-state index in [2.05, 4.69) is 25.0 Å². The summed E-state index contributed by atoms with van der Waals surface area (Å²) < 4.78 is 7.44. The fourth-order valence-corrected chi connectivity index (χ4v) is 3.99. The van der Waals surface area contributed by atoms with E-state index in [1.54, 1.807) is 4.52 Å². The molecule has 4 rings (SSSR count). The molecule has 0 bridgehead atoms. The van der Waals surface area contributed by atoms with Crippen molar-refractivity contribution >= 4 is 11.5 Å². The van der Waals surface area contributed by atoms with Crippen LogP contribution < -0.4 is 0 Å². The third-order valence-electron chi connectivity index (χ3n) is 5.47. The molecule has 1 saturated heterocycles. The van der Waals surface area contributed by atoms with E-state index in [9.17, 15) is 15.2 Å². The van der Waals surface area contributed by atoms with E-state index in [-0.39, 0.29) is 11.3 Å². The Morgan fingerprint density at radius 2 is 2.20 bits per heavy atom. The molecule has 2 aliphatic rings. The lowest BCUT2D eigenvalue weighted by Gasteiger charge is -2.35. The fourth-order valence-electron chi connectivity index (χ4n) is 3.99. The molecule has 6 nitrogen and oxygen atoms in total. The Kier molecular flexibility index (Phi) is 3.41. The van der Waals surface area contributed by atoms with Crippen molar-refractivity contribution in [3.8, 4) is 6.07 Å². The van der Waals surface area contributed by atoms with Crippen LogP contribution in [0.2, 0.25) is 0 Å². The van der Waals surface area contributed by atoms with Gasteiger partial charge in [0.05, 0.1) is 22.6 Å². The second kappa shape index (κ2) is 5.30. The maximum absolute atomic E-state index is 11.7. The average Bonchev–Trinajstić information content (AvgIpc) is 3.26. The van der Waals surface area contributed by atoms with Gasteiger partial charge in [-0.05, 0) is 57.1 Å². The largest absolute Gasteiger partial charge is 0.476 e. The molecule has 0 spiro atoms. The normalized spacial score (nSPS) is 24.0. The lowest BCUT2D eigenvalue weighted by Crippen LogP contribution is -2.33. The minimum absolute atomic E-state index is 0.00325. The lowest BCUT2D eigenvalue weighted by atomic mass is 9.84. The number of fused-ring (bicyclic) bond motifs is 1. The topological polar surface area (TPSA) is 87.6 Å². The molecule has 6 heteroatoms. The van der Waals surface area contributed by atoms with E-state index in [0.717, 1.165) is 30.5 Å². The number of carbonyl (C=O) groups is 1. The van der Waals surface area contributed by atoms with Gasteiger partial charge in [-0.1, -0.05) is 6.07 Å². The lowest BCUT2D eigenvalue weighted by molar-refractivity contribution is -0.0593. The maximum Gasteiger partial charge on any atom is 0.356 e. The fraction of sp³-hybridized carbons (Fsp3) is 0.526. The first-order valence-corrected chi connectivity index (χ1v) is 8.66. The van der Waals surface area contributed by atoms with Gasteiger partial charge >= 0.3 is 5.97 Å². The van der Waals surface area contributed by atoms with Crippen LogP contribution in [0.1, 0.15) is 67.1 Å². The molecule has 2 fully saturated rings. The van der Waals surface area contributed by atoms with Gasteiger partial charge in [0.1, 0.15) is 0 Å². The smallest absolute Gasteiger partial charge is 0.356 e. The first-order valence-electron chi connectivity index (χ1n) is 8.66. The van der Waals surface area contributed by atoms with Gasteiger partial charge in [-0.15, -0.1) is 0 Å². The summed E-state index contributed by atoms with van der Waals surface area (Å²) in [6, 6.07) is 6.27. The number of hydrogen-bond donors (Lipinski definition) is 1. The van der Waals surface area contributed by atoms with E-state index >= 15 is 0 Å². The van der Waals surface area contributed by atoms with Crippen LogP contribution in [-0.2, 0) is 10.2 Å². The van der Waals surface area contributed by atoms with E-state index in [1.165, 1.54) is 0 Å². The first kappa shape index (κ1) is 16.1. The number of aromatic nitrogens is 2. The molecule has 25 heavy (non-hydrogen) atoms. The van der Waals surface area contributed by atoms with E-state index in [1.807, 2.05) is 18.3 Å². The zero-order chi connectivity index (χ0) is 17.8. The van der Waals surface area contributed by atoms with Crippen molar-refractivity contribution < 1.29 is 14.6 Å². The van der Waals surface area contributed by atoms with Gasteiger partial charge in [0.25, 0.3) is 0 Å². The third kappa shape index (κ3) is 2.59. The van der Waals surface area contributed by atoms with Crippen molar-refractivity contribution in [2.75, 3.05) is 6.61 Å².